The second kappa shape index (κ2) is 7.28. The molecule has 0 spiro atoms. The van der Waals surface area contributed by atoms with E-state index in [0.717, 1.165) is 25.3 Å². The molecule has 0 radical (unpaired) electrons. The third-order valence-electron chi connectivity index (χ3n) is 5.05. The molecule has 3 nitrogen and oxygen atoms in total. The van der Waals surface area contributed by atoms with Crippen LogP contribution in [-0.2, 0) is 4.79 Å². The lowest BCUT2D eigenvalue weighted by Gasteiger charge is -2.39. The summed E-state index contributed by atoms with van der Waals surface area (Å²) in [6, 6.07) is 0.399. The summed E-state index contributed by atoms with van der Waals surface area (Å²) in [6.07, 6.45) is 6.05. The van der Waals surface area contributed by atoms with E-state index in [4.69, 9.17) is 0 Å². The first-order chi connectivity index (χ1) is 8.90. The molecule has 1 amide bonds. The lowest BCUT2D eigenvalue weighted by Crippen LogP contribution is -2.43. The minimum Gasteiger partial charge on any atom is -0.353 e. The number of hydrogen-bond donors (Lipinski definition) is 2. The van der Waals surface area contributed by atoms with Crippen LogP contribution in [0.3, 0.4) is 0 Å². The van der Waals surface area contributed by atoms with Gasteiger partial charge in [0.25, 0.3) is 0 Å². The van der Waals surface area contributed by atoms with Crippen molar-refractivity contribution in [3.63, 3.8) is 0 Å². The standard InChI is InChI=1S/C16H32N2O/c1-6-16(3,4)13-7-9-14(10-8-13)18-15(19)12(2)11-17-5/h12-14,17H,6-11H2,1-5H3,(H,18,19). The zero-order valence-electron chi connectivity index (χ0n) is 13.4. The molecular formula is C16H32N2O. The van der Waals surface area contributed by atoms with Gasteiger partial charge >= 0.3 is 0 Å². The van der Waals surface area contributed by atoms with Crippen LogP contribution in [0.4, 0.5) is 0 Å². The fraction of sp³-hybridized carbons (Fsp3) is 0.938. The largest absolute Gasteiger partial charge is 0.353 e. The summed E-state index contributed by atoms with van der Waals surface area (Å²) in [7, 11) is 1.89. The maximum absolute atomic E-state index is 12.0. The van der Waals surface area contributed by atoms with Crippen LogP contribution in [0.25, 0.3) is 0 Å². The average molecular weight is 268 g/mol. The normalized spacial score (nSPS) is 25.9. The van der Waals surface area contributed by atoms with E-state index in [2.05, 4.69) is 31.4 Å². The molecule has 3 heteroatoms. The maximum atomic E-state index is 12.0. The molecule has 0 saturated heterocycles. The van der Waals surface area contributed by atoms with Gasteiger partial charge in [-0.05, 0) is 44.1 Å². The van der Waals surface area contributed by atoms with Crippen LogP contribution in [-0.4, -0.2) is 25.5 Å². The molecular weight excluding hydrogens is 236 g/mol. The molecule has 0 aromatic carbocycles. The molecule has 0 aliphatic heterocycles. The summed E-state index contributed by atoms with van der Waals surface area (Å²) >= 11 is 0. The van der Waals surface area contributed by atoms with E-state index >= 15 is 0 Å². The Morgan fingerprint density at radius 2 is 1.84 bits per heavy atom. The van der Waals surface area contributed by atoms with Gasteiger partial charge in [-0.2, -0.15) is 0 Å². The van der Waals surface area contributed by atoms with Crippen molar-refractivity contribution in [2.75, 3.05) is 13.6 Å². The molecule has 0 aromatic rings. The SMILES string of the molecule is CCC(C)(C)C1CCC(NC(=O)C(C)CNC)CC1. The second-order valence-corrected chi connectivity index (χ2v) is 6.86. The Kier molecular flexibility index (Phi) is 6.31. The molecule has 0 bridgehead atoms. The van der Waals surface area contributed by atoms with Crippen molar-refractivity contribution in [3.05, 3.63) is 0 Å². The number of nitrogens with one attached hydrogen (secondary N) is 2. The zero-order chi connectivity index (χ0) is 14.5. The number of amides is 1. The predicted molar refractivity (Wildman–Crippen MR) is 81.1 cm³/mol. The summed E-state index contributed by atoms with van der Waals surface area (Å²) < 4.78 is 0. The summed E-state index contributed by atoms with van der Waals surface area (Å²) in [6.45, 7) is 9.78. The third kappa shape index (κ3) is 4.79. The van der Waals surface area contributed by atoms with Gasteiger partial charge in [-0.25, -0.2) is 0 Å². The van der Waals surface area contributed by atoms with Crippen LogP contribution in [0, 0.1) is 17.3 Å². The van der Waals surface area contributed by atoms with E-state index in [0.29, 0.717) is 11.5 Å². The summed E-state index contributed by atoms with van der Waals surface area (Å²) in [5.41, 5.74) is 0.453. The molecule has 1 atom stereocenters. The fourth-order valence-electron chi connectivity index (χ4n) is 3.05. The number of carbonyl (C=O) groups is 1. The van der Waals surface area contributed by atoms with Crippen LogP contribution >= 0.6 is 0 Å². The molecule has 1 aliphatic rings. The van der Waals surface area contributed by atoms with E-state index in [1.54, 1.807) is 0 Å². The Hall–Kier alpha value is -0.570. The van der Waals surface area contributed by atoms with Crippen molar-refractivity contribution < 1.29 is 4.79 Å². The Morgan fingerprint density at radius 3 is 2.32 bits per heavy atom. The van der Waals surface area contributed by atoms with Crippen molar-refractivity contribution in [3.8, 4) is 0 Å². The number of rotatable bonds is 6. The van der Waals surface area contributed by atoms with Gasteiger partial charge < -0.3 is 10.6 Å². The van der Waals surface area contributed by atoms with Gasteiger partial charge in [0.1, 0.15) is 0 Å². The van der Waals surface area contributed by atoms with E-state index in [1.165, 1.54) is 19.3 Å². The predicted octanol–water partition coefficient (Wildman–Crippen LogP) is 2.95. The molecule has 0 aromatic heterocycles. The first-order valence-electron chi connectivity index (χ1n) is 7.85. The molecule has 19 heavy (non-hydrogen) atoms. The topological polar surface area (TPSA) is 41.1 Å². The van der Waals surface area contributed by atoms with Crippen molar-refractivity contribution in [2.24, 2.45) is 17.3 Å². The highest BCUT2D eigenvalue weighted by molar-refractivity contribution is 5.78. The van der Waals surface area contributed by atoms with E-state index in [9.17, 15) is 4.79 Å². The highest BCUT2D eigenvalue weighted by atomic mass is 16.1. The number of carbonyl (C=O) groups excluding carboxylic acids is 1. The summed E-state index contributed by atoms with van der Waals surface area (Å²) in [4.78, 5) is 12.0. The highest BCUT2D eigenvalue weighted by Gasteiger charge is 2.32. The van der Waals surface area contributed by atoms with Crippen LogP contribution < -0.4 is 10.6 Å². The molecule has 112 valence electrons. The maximum Gasteiger partial charge on any atom is 0.224 e. The van der Waals surface area contributed by atoms with Gasteiger partial charge in [0.05, 0.1) is 0 Å². The Morgan fingerprint density at radius 1 is 1.26 bits per heavy atom. The summed E-state index contributed by atoms with van der Waals surface area (Å²) in [5, 5.41) is 6.27. The molecule has 0 heterocycles. The van der Waals surface area contributed by atoms with E-state index in [-0.39, 0.29) is 11.8 Å². The van der Waals surface area contributed by atoms with E-state index < -0.39 is 0 Å². The van der Waals surface area contributed by atoms with Crippen molar-refractivity contribution in [2.45, 2.75) is 65.8 Å². The Labute approximate surface area is 118 Å². The molecule has 1 unspecified atom stereocenters. The monoisotopic (exact) mass is 268 g/mol. The zero-order valence-corrected chi connectivity index (χ0v) is 13.4. The first-order valence-corrected chi connectivity index (χ1v) is 7.85. The smallest absolute Gasteiger partial charge is 0.224 e. The lowest BCUT2D eigenvalue weighted by atomic mass is 9.69. The van der Waals surface area contributed by atoms with Gasteiger partial charge in [-0.1, -0.05) is 34.1 Å². The van der Waals surface area contributed by atoms with E-state index in [1.807, 2.05) is 14.0 Å². The van der Waals surface area contributed by atoms with Crippen molar-refractivity contribution >= 4 is 5.91 Å². The molecule has 1 aliphatic carbocycles. The third-order valence-corrected chi connectivity index (χ3v) is 5.05. The van der Waals surface area contributed by atoms with Crippen LogP contribution in [0.5, 0.6) is 0 Å². The Bertz CT molecular complexity index is 280. The Balaban J connectivity index is 2.36. The molecule has 1 rings (SSSR count). The van der Waals surface area contributed by atoms with Gasteiger partial charge in [-0.3, -0.25) is 4.79 Å². The summed E-state index contributed by atoms with van der Waals surface area (Å²) in [5.74, 6) is 1.09. The fourth-order valence-corrected chi connectivity index (χ4v) is 3.05. The van der Waals surface area contributed by atoms with Gasteiger partial charge in [0.15, 0.2) is 0 Å². The second-order valence-electron chi connectivity index (χ2n) is 6.86. The highest BCUT2D eigenvalue weighted by Crippen LogP contribution is 2.40. The number of hydrogen-bond acceptors (Lipinski definition) is 2. The minimum absolute atomic E-state index is 0.0646. The van der Waals surface area contributed by atoms with Crippen molar-refractivity contribution in [1.29, 1.82) is 0 Å². The van der Waals surface area contributed by atoms with Crippen LogP contribution in [0.1, 0.15) is 59.8 Å². The first kappa shape index (κ1) is 16.5. The quantitative estimate of drug-likeness (QED) is 0.777. The van der Waals surface area contributed by atoms with Gasteiger partial charge in [0.2, 0.25) is 5.91 Å². The molecule has 1 saturated carbocycles. The minimum atomic E-state index is 0.0646. The van der Waals surface area contributed by atoms with Gasteiger partial charge in [0, 0.05) is 18.5 Å². The molecule has 2 N–H and O–H groups in total. The lowest BCUT2D eigenvalue weighted by molar-refractivity contribution is -0.125. The van der Waals surface area contributed by atoms with Crippen LogP contribution in [0.2, 0.25) is 0 Å². The van der Waals surface area contributed by atoms with Crippen molar-refractivity contribution in [1.82, 2.24) is 10.6 Å². The van der Waals surface area contributed by atoms with Crippen LogP contribution in [0.15, 0.2) is 0 Å². The van der Waals surface area contributed by atoms with Gasteiger partial charge in [-0.15, -0.1) is 0 Å². The average Bonchev–Trinajstić information content (AvgIpc) is 2.39. The molecule has 1 fully saturated rings.